The summed E-state index contributed by atoms with van der Waals surface area (Å²) in [5.74, 6) is 0.630. The van der Waals surface area contributed by atoms with Crippen LogP contribution in [0.1, 0.15) is 0 Å². The topological polar surface area (TPSA) is 42.2 Å². The van der Waals surface area contributed by atoms with Gasteiger partial charge >= 0.3 is 0 Å². The predicted molar refractivity (Wildman–Crippen MR) is 98.5 cm³/mol. The molecule has 3 rings (SSSR count). The van der Waals surface area contributed by atoms with Gasteiger partial charge in [0.2, 0.25) is 5.91 Å². The van der Waals surface area contributed by atoms with E-state index >= 15 is 0 Å². The fourth-order valence-corrected chi connectivity index (χ4v) is 3.42. The molecule has 0 unspecified atom stereocenters. The number of amides is 1. The zero-order valence-corrected chi connectivity index (χ0v) is 14.0. The maximum absolute atomic E-state index is 11.1. The molecule has 0 bridgehead atoms. The molecule has 0 radical (unpaired) electrons. The molecule has 0 saturated carbocycles. The normalized spacial score (nSPS) is 10.8. The molecule has 1 aromatic heterocycles. The van der Waals surface area contributed by atoms with Crippen LogP contribution in [0.3, 0.4) is 0 Å². The zero-order chi connectivity index (χ0) is 16.2. The predicted octanol–water partition coefficient (Wildman–Crippen LogP) is 4.71. The van der Waals surface area contributed by atoms with Gasteiger partial charge in [0.1, 0.15) is 11.2 Å². The number of nitrogens with one attached hydrogen (secondary N) is 1. The van der Waals surface area contributed by atoms with E-state index < -0.39 is 0 Å². The molecule has 0 aliphatic carbocycles. The average molecular weight is 341 g/mol. The minimum atomic E-state index is -0.151. The first-order valence-corrected chi connectivity index (χ1v) is 8.57. The lowest BCUT2D eigenvalue weighted by Gasteiger charge is -2.06. The van der Waals surface area contributed by atoms with Gasteiger partial charge in [0.05, 0.1) is 4.51 Å². The number of hydrogen-bond donors (Lipinski definition) is 1. The van der Waals surface area contributed by atoms with Gasteiger partial charge in [0, 0.05) is 28.0 Å². The van der Waals surface area contributed by atoms with Crippen LogP contribution in [0.15, 0.2) is 64.4 Å². The second-order valence-corrected chi connectivity index (χ2v) is 6.51. The molecule has 1 N–H and O–H groups in total. The van der Waals surface area contributed by atoms with Crippen molar-refractivity contribution in [3.8, 4) is 0 Å². The monoisotopic (exact) mass is 341 g/mol. The molecule has 5 heteroatoms. The Balaban J connectivity index is 1.85. The molecule has 3 aromatic rings. The lowest BCUT2D eigenvalue weighted by atomic mass is 10.1. The van der Waals surface area contributed by atoms with Crippen LogP contribution in [0.4, 0.5) is 0 Å². The quantitative estimate of drug-likeness (QED) is 0.240. The van der Waals surface area contributed by atoms with E-state index in [4.69, 9.17) is 16.6 Å². The second kappa shape index (κ2) is 6.98. The Morgan fingerprint density at radius 3 is 2.83 bits per heavy atom. The lowest BCUT2D eigenvalue weighted by molar-refractivity contribution is -0.116. The van der Waals surface area contributed by atoms with E-state index in [1.54, 1.807) is 11.8 Å². The van der Waals surface area contributed by atoms with Crippen molar-refractivity contribution in [3.63, 3.8) is 0 Å². The molecule has 0 spiro atoms. The number of benzene rings is 2. The smallest absolute Gasteiger partial charge is 0.243 e. The number of para-hydroxylation sites is 1. The Kier molecular flexibility index (Phi) is 4.79. The molecule has 0 aliphatic heterocycles. The summed E-state index contributed by atoms with van der Waals surface area (Å²) in [4.78, 5) is 12.2. The van der Waals surface area contributed by atoms with Gasteiger partial charge < -0.3 is 9.73 Å². The third-order valence-electron chi connectivity index (χ3n) is 3.40. The van der Waals surface area contributed by atoms with Gasteiger partial charge in [-0.3, -0.25) is 4.79 Å². The van der Waals surface area contributed by atoms with E-state index in [-0.39, 0.29) is 5.91 Å². The van der Waals surface area contributed by atoms with Crippen molar-refractivity contribution < 1.29 is 9.21 Å². The third-order valence-corrected chi connectivity index (χ3v) is 4.84. The molecular weight excluding hydrogens is 326 g/mol. The first-order chi connectivity index (χ1) is 11.2. The van der Waals surface area contributed by atoms with Crippen LogP contribution in [0.25, 0.3) is 21.9 Å². The molecule has 0 saturated heterocycles. The van der Waals surface area contributed by atoms with E-state index in [2.05, 4.69) is 11.9 Å². The molecule has 1 heterocycles. The summed E-state index contributed by atoms with van der Waals surface area (Å²) < 4.78 is 6.72. The molecule has 116 valence electrons. The van der Waals surface area contributed by atoms with Crippen molar-refractivity contribution in [3.05, 3.63) is 59.6 Å². The minimum Gasteiger partial charge on any atom is -0.456 e. The first kappa shape index (κ1) is 15.8. The highest BCUT2D eigenvalue weighted by atomic mass is 32.2. The molecule has 0 atom stereocenters. The third kappa shape index (κ3) is 3.46. The Labute approximate surface area is 143 Å². The molecule has 0 fully saturated rings. The number of hydrogen-bond acceptors (Lipinski definition) is 4. The molecule has 1 amide bonds. The van der Waals surface area contributed by atoms with Crippen LogP contribution in [0.5, 0.6) is 0 Å². The number of carbonyl (C=O) groups is 1. The van der Waals surface area contributed by atoms with Crippen LogP contribution in [0.2, 0.25) is 0 Å². The summed E-state index contributed by atoms with van der Waals surface area (Å²) in [5, 5.41) is 4.66. The second-order valence-electron chi connectivity index (χ2n) is 4.93. The van der Waals surface area contributed by atoms with Crippen molar-refractivity contribution in [1.82, 2.24) is 5.32 Å². The van der Waals surface area contributed by atoms with Crippen molar-refractivity contribution in [1.29, 1.82) is 0 Å². The van der Waals surface area contributed by atoms with Gasteiger partial charge in [0.15, 0.2) is 0 Å². The van der Waals surface area contributed by atoms with E-state index in [0.29, 0.717) is 6.54 Å². The average Bonchev–Trinajstić information content (AvgIpc) is 2.59. The largest absolute Gasteiger partial charge is 0.456 e. The van der Waals surface area contributed by atoms with Crippen LogP contribution >= 0.6 is 24.0 Å². The molecule has 23 heavy (non-hydrogen) atoms. The van der Waals surface area contributed by atoms with Gasteiger partial charge in [-0.2, -0.15) is 0 Å². The fourth-order valence-electron chi connectivity index (χ4n) is 2.29. The SMILES string of the molecule is C=CC(=O)NCCSc1ccc2oc3ccccc3c(=S)c2c1. The highest BCUT2D eigenvalue weighted by Crippen LogP contribution is 2.29. The summed E-state index contributed by atoms with van der Waals surface area (Å²) in [6, 6.07) is 13.8. The van der Waals surface area contributed by atoms with Gasteiger partial charge in [-0.1, -0.05) is 30.9 Å². The highest BCUT2D eigenvalue weighted by molar-refractivity contribution is 7.99. The lowest BCUT2D eigenvalue weighted by Crippen LogP contribution is -2.23. The van der Waals surface area contributed by atoms with E-state index in [0.717, 1.165) is 37.1 Å². The van der Waals surface area contributed by atoms with Crippen molar-refractivity contribution >= 4 is 51.8 Å². The maximum atomic E-state index is 11.1. The first-order valence-electron chi connectivity index (χ1n) is 7.18. The molecule has 3 nitrogen and oxygen atoms in total. The van der Waals surface area contributed by atoms with Crippen LogP contribution in [0, 0.1) is 4.51 Å². The minimum absolute atomic E-state index is 0.151. The molecule has 0 aliphatic rings. The van der Waals surface area contributed by atoms with Crippen molar-refractivity contribution in [2.45, 2.75) is 4.90 Å². The van der Waals surface area contributed by atoms with Gasteiger partial charge in [0.25, 0.3) is 0 Å². The van der Waals surface area contributed by atoms with Crippen LogP contribution in [-0.2, 0) is 4.79 Å². The number of carbonyl (C=O) groups excluding carboxylic acids is 1. The standard InChI is InChI=1S/C18H15NO2S2/c1-2-17(20)19-9-10-23-12-7-8-16-14(11-12)18(22)13-5-3-4-6-15(13)21-16/h2-8,11H,1,9-10H2,(H,19,20). The number of thioether (sulfide) groups is 1. The van der Waals surface area contributed by atoms with Crippen molar-refractivity contribution in [2.24, 2.45) is 0 Å². The van der Waals surface area contributed by atoms with Crippen LogP contribution < -0.4 is 5.32 Å². The summed E-state index contributed by atoms with van der Waals surface area (Å²) in [6.45, 7) is 4.02. The molecular formula is C18H15NO2S2. The Morgan fingerprint density at radius 1 is 1.22 bits per heavy atom. The van der Waals surface area contributed by atoms with Crippen LogP contribution in [-0.4, -0.2) is 18.2 Å². The summed E-state index contributed by atoms with van der Waals surface area (Å²) in [6.07, 6.45) is 1.27. The van der Waals surface area contributed by atoms with Gasteiger partial charge in [-0.05, 0) is 36.4 Å². The highest BCUT2D eigenvalue weighted by Gasteiger charge is 2.06. The number of rotatable bonds is 5. The van der Waals surface area contributed by atoms with Gasteiger partial charge in [-0.25, -0.2) is 0 Å². The fraction of sp³-hybridized carbons (Fsp3) is 0.111. The van der Waals surface area contributed by atoms with Crippen molar-refractivity contribution in [2.75, 3.05) is 12.3 Å². The zero-order valence-electron chi connectivity index (χ0n) is 12.4. The summed E-state index contributed by atoms with van der Waals surface area (Å²) >= 11 is 7.27. The van der Waals surface area contributed by atoms with E-state index in [1.165, 1.54) is 6.08 Å². The molecule has 2 aromatic carbocycles. The van der Waals surface area contributed by atoms with E-state index in [1.807, 2.05) is 42.5 Å². The Bertz CT molecular complexity index is 947. The maximum Gasteiger partial charge on any atom is 0.243 e. The Hall–Kier alpha value is -2.11. The number of fused-ring (bicyclic) bond motifs is 2. The summed E-state index contributed by atoms with van der Waals surface area (Å²) in [5.41, 5.74) is 1.59. The summed E-state index contributed by atoms with van der Waals surface area (Å²) in [7, 11) is 0. The van der Waals surface area contributed by atoms with Gasteiger partial charge in [-0.15, -0.1) is 11.8 Å². The van der Waals surface area contributed by atoms with E-state index in [9.17, 15) is 4.79 Å². The Morgan fingerprint density at radius 2 is 2.00 bits per heavy atom.